The van der Waals surface area contributed by atoms with Crippen LogP contribution in [0, 0.1) is 11.8 Å². The van der Waals surface area contributed by atoms with Crippen LogP contribution >= 0.6 is 0 Å². The van der Waals surface area contributed by atoms with Crippen molar-refractivity contribution in [3.8, 4) is 11.5 Å². The third-order valence-electron chi connectivity index (χ3n) is 5.66. The molecule has 0 spiro atoms. The van der Waals surface area contributed by atoms with E-state index in [4.69, 9.17) is 9.47 Å². The second-order valence-electron chi connectivity index (χ2n) is 7.63. The van der Waals surface area contributed by atoms with Crippen molar-refractivity contribution < 1.29 is 19.1 Å². The zero-order valence-electron chi connectivity index (χ0n) is 16.4. The summed E-state index contributed by atoms with van der Waals surface area (Å²) >= 11 is 0. The van der Waals surface area contributed by atoms with Crippen molar-refractivity contribution in [3.05, 3.63) is 54.1 Å². The third-order valence-corrected chi connectivity index (χ3v) is 5.66. The van der Waals surface area contributed by atoms with E-state index in [2.05, 4.69) is 22.8 Å². The summed E-state index contributed by atoms with van der Waals surface area (Å²) in [5.41, 5.74) is 1.93. The molecule has 29 heavy (non-hydrogen) atoms. The Balaban J connectivity index is 1.20. The SMILES string of the molecule is O=C(NCCc1ccccc1)C1CCC(C(=O)Nc2ccc3c(c2)OCO3)CC1. The number of carbonyl (C=O) groups is 2. The molecule has 0 bridgehead atoms. The molecule has 4 rings (SSSR count). The molecule has 0 aromatic heterocycles. The van der Waals surface area contributed by atoms with Crippen LogP contribution < -0.4 is 20.1 Å². The smallest absolute Gasteiger partial charge is 0.231 e. The summed E-state index contributed by atoms with van der Waals surface area (Å²) < 4.78 is 10.6. The lowest BCUT2D eigenvalue weighted by atomic mass is 9.81. The highest BCUT2D eigenvalue weighted by Crippen LogP contribution is 2.35. The summed E-state index contributed by atoms with van der Waals surface area (Å²) in [6.45, 7) is 0.859. The van der Waals surface area contributed by atoms with E-state index < -0.39 is 0 Å². The van der Waals surface area contributed by atoms with E-state index >= 15 is 0 Å². The van der Waals surface area contributed by atoms with Gasteiger partial charge >= 0.3 is 0 Å². The Morgan fingerprint density at radius 2 is 1.55 bits per heavy atom. The van der Waals surface area contributed by atoms with Crippen LogP contribution in [0.3, 0.4) is 0 Å². The minimum atomic E-state index is -0.0613. The quantitative estimate of drug-likeness (QED) is 0.786. The molecular weight excluding hydrogens is 368 g/mol. The number of ether oxygens (including phenoxy) is 2. The molecular formula is C23H26N2O4. The summed E-state index contributed by atoms with van der Waals surface area (Å²) in [7, 11) is 0. The Hall–Kier alpha value is -3.02. The molecule has 2 aromatic carbocycles. The first-order valence-corrected chi connectivity index (χ1v) is 10.2. The number of benzene rings is 2. The summed E-state index contributed by atoms with van der Waals surface area (Å²) in [6.07, 6.45) is 3.78. The molecule has 6 nitrogen and oxygen atoms in total. The van der Waals surface area contributed by atoms with Crippen molar-refractivity contribution in [1.82, 2.24) is 5.32 Å². The largest absolute Gasteiger partial charge is 0.454 e. The first-order chi connectivity index (χ1) is 14.2. The van der Waals surface area contributed by atoms with E-state index in [0.29, 0.717) is 23.7 Å². The lowest BCUT2D eigenvalue weighted by Gasteiger charge is -2.27. The van der Waals surface area contributed by atoms with Crippen molar-refractivity contribution >= 4 is 17.5 Å². The van der Waals surface area contributed by atoms with Gasteiger partial charge in [-0.25, -0.2) is 0 Å². The highest BCUT2D eigenvalue weighted by atomic mass is 16.7. The second-order valence-corrected chi connectivity index (χ2v) is 7.63. The van der Waals surface area contributed by atoms with Gasteiger partial charge in [-0.2, -0.15) is 0 Å². The van der Waals surface area contributed by atoms with Crippen LogP contribution in [0.1, 0.15) is 31.2 Å². The highest BCUT2D eigenvalue weighted by Gasteiger charge is 2.30. The maximum atomic E-state index is 12.6. The molecule has 6 heteroatoms. The topological polar surface area (TPSA) is 76.7 Å². The number of nitrogens with one attached hydrogen (secondary N) is 2. The zero-order chi connectivity index (χ0) is 20.1. The zero-order valence-corrected chi connectivity index (χ0v) is 16.4. The lowest BCUT2D eigenvalue weighted by Crippen LogP contribution is -2.36. The van der Waals surface area contributed by atoms with Crippen LogP contribution in [0.15, 0.2) is 48.5 Å². The van der Waals surface area contributed by atoms with E-state index in [0.717, 1.165) is 32.1 Å². The van der Waals surface area contributed by atoms with Gasteiger partial charge < -0.3 is 20.1 Å². The van der Waals surface area contributed by atoms with Gasteiger partial charge in [-0.05, 0) is 49.8 Å². The molecule has 0 atom stereocenters. The van der Waals surface area contributed by atoms with E-state index in [1.165, 1.54) is 5.56 Å². The molecule has 2 N–H and O–H groups in total. The molecule has 0 radical (unpaired) electrons. The molecule has 152 valence electrons. The van der Waals surface area contributed by atoms with Gasteiger partial charge in [0.2, 0.25) is 18.6 Å². The molecule has 0 saturated heterocycles. The fourth-order valence-corrected chi connectivity index (χ4v) is 3.96. The van der Waals surface area contributed by atoms with E-state index in [1.807, 2.05) is 24.3 Å². The van der Waals surface area contributed by atoms with Crippen LogP contribution in [0.25, 0.3) is 0 Å². The molecule has 1 aliphatic carbocycles. The van der Waals surface area contributed by atoms with Gasteiger partial charge in [0.1, 0.15) is 0 Å². The number of hydrogen-bond acceptors (Lipinski definition) is 4. The third kappa shape index (κ3) is 4.88. The molecule has 2 aromatic rings. The number of hydrogen-bond donors (Lipinski definition) is 2. The van der Waals surface area contributed by atoms with Gasteiger partial charge in [-0.3, -0.25) is 9.59 Å². The summed E-state index contributed by atoms with van der Waals surface area (Å²) in [4.78, 5) is 25.0. The van der Waals surface area contributed by atoms with E-state index in [-0.39, 0.29) is 30.4 Å². The predicted molar refractivity (Wildman–Crippen MR) is 110 cm³/mol. The fraction of sp³-hybridized carbons (Fsp3) is 0.391. The van der Waals surface area contributed by atoms with Crippen molar-refractivity contribution in [2.45, 2.75) is 32.1 Å². The van der Waals surface area contributed by atoms with Crippen LogP contribution in [-0.4, -0.2) is 25.2 Å². The van der Waals surface area contributed by atoms with Gasteiger partial charge in [0.15, 0.2) is 11.5 Å². The summed E-state index contributed by atoms with van der Waals surface area (Å²) in [5, 5.41) is 6.01. The minimum Gasteiger partial charge on any atom is -0.454 e. The van der Waals surface area contributed by atoms with Crippen LogP contribution in [0.2, 0.25) is 0 Å². The van der Waals surface area contributed by atoms with Gasteiger partial charge in [-0.1, -0.05) is 30.3 Å². The van der Waals surface area contributed by atoms with Gasteiger partial charge in [0.25, 0.3) is 0 Å². The molecule has 1 aliphatic heterocycles. The first-order valence-electron chi connectivity index (χ1n) is 10.2. The minimum absolute atomic E-state index is 0.000339. The van der Waals surface area contributed by atoms with E-state index in [9.17, 15) is 9.59 Å². The number of anilines is 1. The maximum Gasteiger partial charge on any atom is 0.231 e. The Morgan fingerprint density at radius 1 is 0.862 bits per heavy atom. The molecule has 1 fully saturated rings. The van der Waals surface area contributed by atoms with E-state index in [1.54, 1.807) is 12.1 Å². The molecule has 2 aliphatic rings. The van der Waals surface area contributed by atoms with Crippen molar-refractivity contribution in [2.24, 2.45) is 11.8 Å². The average Bonchev–Trinajstić information content (AvgIpc) is 3.22. The summed E-state index contributed by atoms with van der Waals surface area (Å²) in [5.74, 6) is 1.40. The Bertz CT molecular complexity index is 860. The summed E-state index contributed by atoms with van der Waals surface area (Å²) in [6, 6.07) is 15.5. The van der Waals surface area contributed by atoms with Gasteiger partial charge in [-0.15, -0.1) is 0 Å². The van der Waals surface area contributed by atoms with Crippen molar-refractivity contribution in [2.75, 3.05) is 18.7 Å². The number of rotatable bonds is 6. The Kier molecular flexibility index (Phi) is 5.98. The predicted octanol–water partition coefficient (Wildman–Crippen LogP) is 3.52. The highest BCUT2D eigenvalue weighted by molar-refractivity contribution is 5.93. The van der Waals surface area contributed by atoms with Gasteiger partial charge in [0, 0.05) is 30.1 Å². The van der Waals surface area contributed by atoms with Crippen LogP contribution in [0.5, 0.6) is 11.5 Å². The number of carbonyl (C=O) groups excluding carboxylic acids is 2. The van der Waals surface area contributed by atoms with Crippen molar-refractivity contribution in [3.63, 3.8) is 0 Å². The standard InChI is InChI=1S/C23H26N2O4/c26-22(24-13-12-16-4-2-1-3-5-16)17-6-8-18(9-7-17)23(27)25-19-10-11-20-21(14-19)29-15-28-20/h1-5,10-11,14,17-18H,6-9,12-13,15H2,(H,24,26)(H,25,27). The fourth-order valence-electron chi connectivity index (χ4n) is 3.96. The van der Waals surface area contributed by atoms with Crippen molar-refractivity contribution in [1.29, 1.82) is 0 Å². The first kappa shape index (κ1) is 19.3. The van der Waals surface area contributed by atoms with Crippen LogP contribution in [-0.2, 0) is 16.0 Å². The number of amides is 2. The normalized spacial score (nSPS) is 20.1. The number of fused-ring (bicyclic) bond motifs is 1. The average molecular weight is 394 g/mol. The maximum absolute atomic E-state index is 12.6. The molecule has 2 amide bonds. The molecule has 1 heterocycles. The van der Waals surface area contributed by atoms with Gasteiger partial charge in [0.05, 0.1) is 0 Å². The lowest BCUT2D eigenvalue weighted by molar-refractivity contribution is -0.128. The molecule has 0 unspecified atom stereocenters. The Labute approximate surface area is 170 Å². The second kappa shape index (κ2) is 8.99. The van der Waals surface area contributed by atoms with Crippen LogP contribution in [0.4, 0.5) is 5.69 Å². The monoisotopic (exact) mass is 394 g/mol. The Morgan fingerprint density at radius 3 is 2.31 bits per heavy atom. The molecule has 1 saturated carbocycles.